The molecule has 2 amide bonds. The molecular formula is C14H22N2O4. The van der Waals surface area contributed by atoms with Gasteiger partial charge in [0.2, 0.25) is 0 Å². The third-order valence-electron chi connectivity index (χ3n) is 5.22. The number of aliphatic hydroxyl groups excluding tert-OH is 1. The highest BCUT2D eigenvalue weighted by molar-refractivity contribution is 5.83. The van der Waals surface area contributed by atoms with E-state index in [0.717, 1.165) is 11.8 Å². The van der Waals surface area contributed by atoms with E-state index in [-0.39, 0.29) is 19.0 Å². The van der Waals surface area contributed by atoms with Crippen LogP contribution in [0.1, 0.15) is 32.1 Å². The van der Waals surface area contributed by atoms with E-state index in [1.807, 2.05) is 0 Å². The zero-order chi connectivity index (χ0) is 14.3. The molecule has 3 unspecified atom stereocenters. The molecule has 3 fully saturated rings. The third kappa shape index (κ3) is 2.49. The number of likely N-dealkylation sites (tertiary alicyclic amines) is 1. The van der Waals surface area contributed by atoms with Gasteiger partial charge in [-0.2, -0.15) is 0 Å². The van der Waals surface area contributed by atoms with E-state index < -0.39 is 18.1 Å². The minimum absolute atomic E-state index is 0.111. The molecule has 5 atom stereocenters. The largest absolute Gasteiger partial charge is 0.480 e. The summed E-state index contributed by atoms with van der Waals surface area (Å²) in [4.78, 5) is 24.5. The second kappa shape index (κ2) is 5.24. The Bertz CT molecular complexity index is 414. The molecule has 0 aromatic heterocycles. The number of carbonyl (C=O) groups excluding carboxylic acids is 1. The molecule has 0 spiro atoms. The molecule has 112 valence electrons. The van der Waals surface area contributed by atoms with Crippen molar-refractivity contribution >= 4 is 12.0 Å². The van der Waals surface area contributed by atoms with Gasteiger partial charge in [-0.25, -0.2) is 9.59 Å². The Labute approximate surface area is 118 Å². The number of fused-ring (bicyclic) bond motifs is 2. The first-order valence-corrected chi connectivity index (χ1v) is 7.50. The van der Waals surface area contributed by atoms with Crippen LogP contribution in [0.4, 0.5) is 4.79 Å². The summed E-state index contributed by atoms with van der Waals surface area (Å²) in [6.45, 7) is 0.748. The van der Waals surface area contributed by atoms with Gasteiger partial charge in [0, 0.05) is 19.5 Å². The summed E-state index contributed by atoms with van der Waals surface area (Å²) < 4.78 is 0. The second-order valence-corrected chi connectivity index (χ2v) is 6.52. The molecule has 2 saturated carbocycles. The molecule has 0 radical (unpaired) electrons. The number of β-amino-alcohol motifs (C(OH)–C–C–N with tert-alkyl or cyclic N) is 1. The summed E-state index contributed by atoms with van der Waals surface area (Å²) in [7, 11) is 0. The Morgan fingerprint density at radius 3 is 2.60 bits per heavy atom. The van der Waals surface area contributed by atoms with Crippen LogP contribution in [0.25, 0.3) is 0 Å². The number of urea groups is 1. The van der Waals surface area contributed by atoms with E-state index in [1.54, 1.807) is 0 Å². The van der Waals surface area contributed by atoms with Crippen LogP contribution in [0.2, 0.25) is 0 Å². The van der Waals surface area contributed by atoms with Crippen molar-refractivity contribution in [3.63, 3.8) is 0 Å². The number of hydrogen-bond donors (Lipinski definition) is 3. The van der Waals surface area contributed by atoms with Gasteiger partial charge in [-0.1, -0.05) is 6.42 Å². The van der Waals surface area contributed by atoms with Crippen molar-refractivity contribution in [2.24, 2.45) is 17.8 Å². The van der Waals surface area contributed by atoms with E-state index in [1.165, 1.54) is 30.6 Å². The lowest BCUT2D eigenvalue weighted by molar-refractivity contribution is -0.141. The molecule has 2 aliphatic carbocycles. The van der Waals surface area contributed by atoms with Crippen LogP contribution in [0, 0.1) is 17.8 Å². The van der Waals surface area contributed by atoms with Crippen molar-refractivity contribution in [2.45, 2.75) is 44.2 Å². The van der Waals surface area contributed by atoms with Crippen LogP contribution in [0.15, 0.2) is 0 Å². The van der Waals surface area contributed by atoms with Crippen molar-refractivity contribution in [3.05, 3.63) is 0 Å². The lowest BCUT2D eigenvalue weighted by Gasteiger charge is -2.25. The maximum absolute atomic E-state index is 12.1. The van der Waals surface area contributed by atoms with E-state index in [2.05, 4.69) is 5.32 Å². The Hall–Kier alpha value is -1.30. The SMILES string of the molecule is O=C(O)[C@H]1C[C@@H](O)CN1C(=O)NCC1CC2CCC1C2. The van der Waals surface area contributed by atoms with E-state index in [9.17, 15) is 14.7 Å². The number of amides is 2. The Morgan fingerprint density at radius 2 is 2.00 bits per heavy atom. The predicted octanol–water partition coefficient (Wildman–Crippen LogP) is 0.652. The average Bonchev–Trinajstić information content (AvgIpc) is 3.09. The summed E-state index contributed by atoms with van der Waals surface area (Å²) in [6.07, 6.45) is 4.47. The zero-order valence-corrected chi connectivity index (χ0v) is 11.5. The Morgan fingerprint density at radius 1 is 1.20 bits per heavy atom. The smallest absolute Gasteiger partial charge is 0.326 e. The first kappa shape index (κ1) is 13.7. The Balaban J connectivity index is 1.52. The van der Waals surface area contributed by atoms with Gasteiger partial charge in [0.15, 0.2) is 0 Å². The molecule has 1 aliphatic heterocycles. The number of aliphatic carboxylic acids is 1. The molecule has 1 heterocycles. The van der Waals surface area contributed by atoms with Gasteiger partial charge < -0.3 is 20.4 Å². The van der Waals surface area contributed by atoms with Crippen molar-refractivity contribution in [2.75, 3.05) is 13.1 Å². The highest BCUT2D eigenvalue weighted by Gasteiger charge is 2.41. The molecule has 0 aromatic rings. The standard InChI is InChI=1S/C14H22N2O4/c17-11-5-12(13(18)19)16(7-11)14(20)15-6-10-4-8-1-2-9(10)3-8/h8-12,17H,1-7H2,(H,15,20)(H,18,19)/t8?,9?,10?,11-,12-/m1/s1. The van der Waals surface area contributed by atoms with Gasteiger partial charge in [0.05, 0.1) is 6.10 Å². The van der Waals surface area contributed by atoms with Crippen molar-refractivity contribution in [3.8, 4) is 0 Å². The minimum atomic E-state index is -1.04. The summed E-state index contributed by atoms with van der Waals surface area (Å²) in [6, 6.07) is -1.25. The number of hydrogen-bond acceptors (Lipinski definition) is 3. The van der Waals surface area contributed by atoms with E-state index in [4.69, 9.17) is 5.11 Å². The van der Waals surface area contributed by atoms with Crippen molar-refractivity contribution < 1.29 is 19.8 Å². The molecule has 1 saturated heterocycles. The van der Waals surface area contributed by atoms with E-state index in [0.29, 0.717) is 12.5 Å². The molecule has 0 aromatic carbocycles. The first-order valence-electron chi connectivity index (χ1n) is 7.50. The molecule has 6 heteroatoms. The van der Waals surface area contributed by atoms with Crippen LogP contribution in [-0.4, -0.2) is 52.3 Å². The number of carbonyl (C=O) groups is 2. The number of carboxylic acids is 1. The fourth-order valence-electron chi connectivity index (χ4n) is 4.22. The number of nitrogens with zero attached hydrogens (tertiary/aromatic N) is 1. The lowest BCUT2D eigenvalue weighted by Crippen LogP contribution is -2.47. The number of rotatable bonds is 3. The Kier molecular flexibility index (Phi) is 3.58. The second-order valence-electron chi connectivity index (χ2n) is 6.52. The highest BCUT2D eigenvalue weighted by atomic mass is 16.4. The van der Waals surface area contributed by atoms with Crippen LogP contribution < -0.4 is 5.32 Å². The van der Waals surface area contributed by atoms with Gasteiger partial charge in [-0.3, -0.25) is 0 Å². The van der Waals surface area contributed by atoms with Gasteiger partial charge in [0.1, 0.15) is 6.04 Å². The third-order valence-corrected chi connectivity index (χ3v) is 5.22. The van der Waals surface area contributed by atoms with Gasteiger partial charge in [-0.05, 0) is 37.0 Å². The highest BCUT2D eigenvalue weighted by Crippen LogP contribution is 2.47. The molecule has 6 nitrogen and oxygen atoms in total. The zero-order valence-electron chi connectivity index (χ0n) is 11.5. The normalized spacial score (nSPS) is 39.2. The summed E-state index contributed by atoms with van der Waals surface area (Å²) in [5.74, 6) is 1.08. The number of aliphatic hydroxyl groups is 1. The van der Waals surface area contributed by atoms with Gasteiger partial charge in [0.25, 0.3) is 0 Å². The van der Waals surface area contributed by atoms with E-state index >= 15 is 0 Å². The van der Waals surface area contributed by atoms with Crippen LogP contribution in [0.5, 0.6) is 0 Å². The summed E-state index contributed by atoms with van der Waals surface area (Å²) >= 11 is 0. The lowest BCUT2D eigenvalue weighted by atomic mass is 9.89. The maximum atomic E-state index is 12.1. The number of nitrogens with one attached hydrogen (secondary N) is 1. The molecule has 3 rings (SSSR count). The molecule has 20 heavy (non-hydrogen) atoms. The predicted molar refractivity (Wildman–Crippen MR) is 71.1 cm³/mol. The fourth-order valence-corrected chi connectivity index (χ4v) is 4.22. The first-order chi connectivity index (χ1) is 9.54. The van der Waals surface area contributed by atoms with Gasteiger partial charge >= 0.3 is 12.0 Å². The fraction of sp³-hybridized carbons (Fsp3) is 0.857. The monoisotopic (exact) mass is 282 g/mol. The van der Waals surface area contributed by atoms with Crippen LogP contribution >= 0.6 is 0 Å². The minimum Gasteiger partial charge on any atom is -0.480 e. The molecular weight excluding hydrogens is 260 g/mol. The van der Waals surface area contributed by atoms with Gasteiger partial charge in [-0.15, -0.1) is 0 Å². The van der Waals surface area contributed by atoms with Crippen LogP contribution in [0.3, 0.4) is 0 Å². The topological polar surface area (TPSA) is 89.9 Å². The molecule has 2 bridgehead atoms. The van der Waals surface area contributed by atoms with Crippen molar-refractivity contribution in [1.82, 2.24) is 10.2 Å². The molecule has 3 N–H and O–H groups in total. The summed E-state index contributed by atoms with van der Waals surface area (Å²) in [5.41, 5.74) is 0. The average molecular weight is 282 g/mol. The number of carboxylic acid groups (broad SMARTS) is 1. The quantitative estimate of drug-likeness (QED) is 0.709. The molecule has 3 aliphatic rings. The maximum Gasteiger partial charge on any atom is 0.326 e. The summed E-state index contributed by atoms with van der Waals surface area (Å²) in [5, 5.41) is 21.5. The van der Waals surface area contributed by atoms with Crippen LogP contribution in [-0.2, 0) is 4.79 Å². The van der Waals surface area contributed by atoms with Crippen molar-refractivity contribution in [1.29, 1.82) is 0 Å².